The second kappa shape index (κ2) is 5.95. The fourth-order valence-electron chi connectivity index (χ4n) is 2.43. The molecule has 0 bridgehead atoms. The Morgan fingerprint density at radius 2 is 1.77 bits per heavy atom. The van der Waals surface area contributed by atoms with Gasteiger partial charge in [0.1, 0.15) is 0 Å². The minimum absolute atomic E-state index is 0.918. The quantitative estimate of drug-likeness (QED) is 0.655. The van der Waals surface area contributed by atoms with Crippen LogP contribution in [0.5, 0.6) is 0 Å². The number of hydrogen-bond donors (Lipinski definition) is 0. The Balaban J connectivity index is 2.15. The molecule has 0 atom stereocenters. The van der Waals surface area contributed by atoms with Crippen molar-refractivity contribution in [1.29, 1.82) is 0 Å². The standard InChI is InChI=1S/C12H24S/c1-10(2)12-6-4-11(5-7-12)8-9-13-3/h10-12H,4-9H2,1-3H3. The van der Waals surface area contributed by atoms with Crippen LogP contribution in [0.1, 0.15) is 46.0 Å². The van der Waals surface area contributed by atoms with E-state index in [-0.39, 0.29) is 0 Å². The fraction of sp³-hybridized carbons (Fsp3) is 1.00. The molecule has 1 saturated carbocycles. The van der Waals surface area contributed by atoms with Crippen LogP contribution in [-0.4, -0.2) is 12.0 Å². The lowest BCUT2D eigenvalue weighted by Crippen LogP contribution is -2.18. The second-order valence-corrected chi connectivity index (χ2v) is 5.79. The molecule has 0 aromatic rings. The molecule has 0 aromatic heterocycles. The van der Waals surface area contributed by atoms with E-state index in [1.54, 1.807) is 0 Å². The van der Waals surface area contributed by atoms with Gasteiger partial charge in [-0.1, -0.05) is 26.7 Å². The summed E-state index contributed by atoms with van der Waals surface area (Å²) in [6, 6.07) is 0. The zero-order valence-electron chi connectivity index (χ0n) is 9.38. The Morgan fingerprint density at radius 1 is 1.15 bits per heavy atom. The first-order chi connectivity index (χ1) is 6.24. The molecule has 13 heavy (non-hydrogen) atoms. The number of rotatable bonds is 4. The van der Waals surface area contributed by atoms with Crippen molar-refractivity contribution in [3.8, 4) is 0 Å². The molecule has 1 rings (SSSR count). The summed E-state index contributed by atoms with van der Waals surface area (Å²) in [6.07, 6.45) is 9.69. The molecule has 78 valence electrons. The average molecular weight is 200 g/mol. The summed E-state index contributed by atoms with van der Waals surface area (Å²) in [5.74, 6) is 4.38. The van der Waals surface area contributed by atoms with Gasteiger partial charge < -0.3 is 0 Å². The van der Waals surface area contributed by atoms with Crippen LogP contribution in [0.4, 0.5) is 0 Å². The van der Waals surface area contributed by atoms with Gasteiger partial charge in [0.2, 0.25) is 0 Å². The van der Waals surface area contributed by atoms with E-state index in [4.69, 9.17) is 0 Å². The van der Waals surface area contributed by atoms with E-state index in [1.807, 2.05) is 11.8 Å². The lowest BCUT2D eigenvalue weighted by molar-refractivity contribution is 0.221. The maximum absolute atomic E-state index is 2.38. The fourth-order valence-corrected chi connectivity index (χ4v) is 3.00. The molecule has 0 unspecified atom stereocenters. The van der Waals surface area contributed by atoms with Gasteiger partial charge in [-0.25, -0.2) is 0 Å². The summed E-state index contributed by atoms with van der Waals surface area (Å²) in [4.78, 5) is 0. The first-order valence-electron chi connectivity index (χ1n) is 5.73. The average Bonchev–Trinajstić information content (AvgIpc) is 2.15. The van der Waals surface area contributed by atoms with Gasteiger partial charge in [-0.2, -0.15) is 11.8 Å². The molecular weight excluding hydrogens is 176 g/mol. The number of thioether (sulfide) groups is 1. The molecule has 1 fully saturated rings. The summed E-state index contributed by atoms with van der Waals surface area (Å²) in [5, 5.41) is 0. The summed E-state index contributed by atoms with van der Waals surface area (Å²) < 4.78 is 0. The van der Waals surface area contributed by atoms with E-state index >= 15 is 0 Å². The van der Waals surface area contributed by atoms with Crippen LogP contribution in [0, 0.1) is 17.8 Å². The maximum Gasteiger partial charge on any atom is -0.00677 e. The largest absolute Gasteiger partial charge is 0.165 e. The molecule has 0 radical (unpaired) electrons. The predicted molar refractivity (Wildman–Crippen MR) is 63.3 cm³/mol. The molecule has 0 amide bonds. The Morgan fingerprint density at radius 3 is 2.23 bits per heavy atom. The van der Waals surface area contributed by atoms with E-state index < -0.39 is 0 Å². The highest BCUT2D eigenvalue weighted by Crippen LogP contribution is 2.34. The summed E-state index contributed by atoms with van der Waals surface area (Å²) in [5.41, 5.74) is 0. The van der Waals surface area contributed by atoms with Crippen LogP contribution >= 0.6 is 11.8 Å². The van der Waals surface area contributed by atoms with Gasteiger partial charge in [0.25, 0.3) is 0 Å². The maximum atomic E-state index is 2.38. The smallest absolute Gasteiger partial charge is 0.00677 e. The second-order valence-electron chi connectivity index (χ2n) is 4.81. The molecule has 0 saturated heterocycles. The molecule has 0 heterocycles. The van der Waals surface area contributed by atoms with E-state index in [0.29, 0.717) is 0 Å². The summed E-state index contributed by atoms with van der Waals surface area (Å²) >= 11 is 2.00. The molecule has 0 aliphatic heterocycles. The van der Waals surface area contributed by atoms with Crippen LogP contribution in [0.3, 0.4) is 0 Å². The first-order valence-corrected chi connectivity index (χ1v) is 7.12. The Hall–Kier alpha value is 0.350. The Labute approximate surface area is 87.9 Å². The van der Waals surface area contributed by atoms with Gasteiger partial charge in [-0.05, 0) is 49.0 Å². The first kappa shape index (κ1) is 11.4. The van der Waals surface area contributed by atoms with E-state index in [9.17, 15) is 0 Å². The van der Waals surface area contributed by atoms with Crippen LogP contribution in [0.15, 0.2) is 0 Å². The lowest BCUT2D eigenvalue weighted by atomic mass is 9.76. The van der Waals surface area contributed by atoms with Crippen LogP contribution < -0.4 is 0 Å². The van der Waals surface area contributed by atoms with Crippen molar-refractivity contribution in [2.24, 2.45) is 17.8 Å². The molecule has 0 N–H and O–H groups in total. The molecule has 0 spiro atoms. The normalized spacial score (nSPS) is 29.5. The van der Waals surface area contributed by atoms with Crippen molar-refractivity contribution < 1.29 is 0 Å². The van der Waals surface area contributed by atoms with Crippen molar-refractivity contribution in [1.82, 2.24) is 0 Å². The third kappa shape index (κ3) is 3.93. The molecule has 1 aliphatic carbocycles. The lowest BCUT2D eigenvalue weighted by Gasteiger charge is -2.30. The van der Waals surface area contributed by atoms with E-state index in [0.717, 1.165) is 17.8 Å². The van der Waals surface area contributed by atoms with Crippen molar-refractivity contribution in [2.45, 2.75) is 46.0 Å². The van der Waals surface area contributed by atoms with Gasteiger partial charge in [0, 0.05) is 0 Å². The van der Waals surface area contributed by atoms with E-state index in [2.05, 4.69) is 20.1 Å². The van der Waals surface area contributed by atoms with E-state index in [1.165, 1.54) is 37.9 Å². The number of hydrogen-bond acceptors (Lipinski definition) is 1. The van der Waals surface area contributed by atoms with Gasteiger partial charge in [-0.3, -0.25) is 0 Å². The highest BCUT2D eigenvalue weighted by molar-refractivity contribution is 7.98. The van der Waals surface area contributed by atoms with Gasteiger partial charge >= 0.3 is 0 Å². The molecule has 1 aliphatic rings. The molecular formula is C12H24S. The summed E-state index contributed by atoms with van der Waals surface area (Å²) in [7, 11) is 0. The van der Waals surface area contributed by atoms with Crippen molar-refractivity contribution >= 4 is 11.8 Å². The Kier molecular flexibility index (Phi) is 5.23. The predicted octanol–water partition coefficient (Wildman–Crippen LogP) is 4.20. The third-order valence-electron chi connectivity index (χ3n) is 3.56. The topological polar surface area (TPSA) is 0 Å². The van der Waals surface area contributed by atoms with Crippen LogP contribution in [0.25, 0.3) is 0 Å². The highest BCUT2D eigenvalue weighted by atomic mass is 32.2. The molecule has 0 nitrogen and oxygen atoms in total. The minimum Gasteiger partial charge on any atom is -0.165 e. The monoisotopic (exact) mass is 200 g/mol. The van der Waals surface area contributed by atoms with Crippen LogP contribution in [-0.2, 0) is 0 Å². The van der Waals surface area contributed by atoms with Crippen LogP contribution in [0.2, 0.25) is 0 Å². The van der Waals surface area contributed by atoms with Gasteiger partial charge in [0.15, 0.2) is 0 Å². The Bertz CT molecular complexity index is 123. The minimum atomic E-state index is 0.918. The van der Waals surface area contributed by atoms with Crippen molar-refractivity contribution in [2.75, 3.05) is 12.0 Å². The molecule has 0 aromatic carbocycles. The van der Waals surface area contributed by atoms with Gasteiger partial charge in [-0.15, -0.1) is 0 Å². The molecule has 1 heteroatoms. The highest BCUT2D eigenvalue weighted by Gasteiger charge is 2.22. The third-order valence-corrected chi connectivity index (χ3v) is 4.21. The van der Waals surface area contributed by atoms with Crippen molar-refractivity contribution in [3.63, 3.8) is 0 Å². The summed E-state index contributed by atoms with van der Waals surface area (Å²) in [6.45, 7) is 4.76. The zero-order valence-corrected chi connectivity index (χ0v) is 10.2. The SMILES string of the molecule is CSCCC1CCC(C(C)C)CC1. The van der Waals surface area contributed by atoms with Gasteiger partial charge in [0.05, 0.1) is 0 Å². The van der Waals surface area contributed by atoms with Crippen molar-refractivity contribution in [3.05, 3.63) is 0 Å². The zero-order chi connectivity index (χ0) is 9.68.